The van der Waals surface area contributed by atoms with Crippen molar-refractivity contribution in [3.8, 4) is 0 Å². The fourth-order valence-corrected chi connectivity index (χ4v) is 2.12. The van der Waals surface area contributed by atoms with Crippen LogP contribution in [0.3, 0.4) is 0 Å². The molecule has 90 valence electrons. The molecule has 1 aromatic rings. The average Bonchev–Trinajstić information content (AvgIpc) is 2.69. The number of urea groups is 1. The molecule has 0 bridgehead atoms. The van der Waals surface area contributed by atoms with Crippen molar-refractivity contribution in [2.75, 3.05) is 24.5 Å². The topological polar surface area (TPSA) is 40.6 Å². The number of nitrogens with zero attached hydrogens (tertiary/aromatic N) is 2. The van der Waals surface area contributed by atoms with Crippen molar-refractivity contribution in [3.05, 3.63) is 28.7 Å². The summed E-state index contributed by atoms with van der Waals surface area (Å²) >= 11 is 3.36. The van der Waals surface area contributed by atoms with Crippen molar-refractivity contribution >= 4 is 33.9 Å². The summed E-state index contributed by atoms with van der Waals surface area (Å²) in [6.45, 7) is 1.87. The molecule has 0 aliphatic carbocycles. The van der Waals surface area contributed by atoms with E-state index in [1.807, 2.05) is 24.3 Å². The Morgan fingerprint density at radius 3 is 2.59 bits per heavy atom. The van der Waals surface area contributed by atoms with E-state index in [0.717, 1.165) is 16.4 Å². The summed E-state index contributed by atoms with van der Waals surface area (Å²) in [7, 11) is 0. The molecule has 17 heavy (non-hydrogen) atoms. The van der Waals surface area contributed by atoms with Gasteiger partial charge in [-0.3, -0.25) is 4.90 Å². The van der Waals surface area contributed by atoms with Gasteiger partial charge in [0.15, 0.2) is 0 Å². The van der Waals surface area contributed by atoms with Crippen molar-refractivity contribution in [2.24, 2.45) is 0 Å². The maximum atomic E-state index is 12.0. The van der Waals surface area contributed by atoms with Gasteiger partial charge in [0.05, 0.1) is 0 Å². The maximum absolute atomic E-state index is 12.0. The monoisotopic (exact) mass is 296 g/mol. The number of halogens is 1. The lowest BCUT2D eigenvalue weighted by molar-refractivity contribution is -0.108. The second kappa shape index (κ2) is 5.31. The van der Waals surface area contributed by atoms with Crippen LogP contribution in [0.2, 0.25) is 0 Å². The van der Waals surface area contributed by atoms with Crippen LogP contribution in [0.1, 0.15) is 6.42 Å². The highest BCUT2D eigenvalue weighted by atomic mass is 79.9. The number of carbonyl (C=O) groups excluding carboxylic acids is 2. The van der Waals surface area contributed by atoms with E-state index in [2.05, 4.69) is 15.9 Å². The molecule has 1 aliphatic heterocycles. The summed E-state index contributed by atoms with van der Waals surface area (Å²) in [6.07, 6.45) is 1.25. The summed E-state index contributed by atoms with van der Waals surface area (Å²) in [6, 6.07) is 7.62. The number of amides is 2. The molecular weight excluding hydrogens is 284 g/mol. The van der Waals surface area contributed by atoms with Gasteiger partial charge in [-0.25, -0.2) is 4.79 Å². The Kier molecular flexibility index (Phi) is 3.78. The largest absolute Gasteiger partial charge is 0.324 e. The van der Waals surface area contributed by atoms with Gasteiger partial charge in [0, 0.05) is 36.2 Å². The summed E-state index contributed by atoms with van der Waals surface area (Å²) in [5.74, 6) is 0. The maximum Gasteiger partial charge on any atom is 0.324 e. The fourth-order valence-electron chi connectivity index (χ4n) is 1.86. The first-order valence-electron chi connectivity index (χ1n) is 5.48. The number of hydrogen-bond acceptors (Lipinski definition) is 2. The van der Waals surface area contributed by atoms with Crippen LogP contribution in [0.25, 0.3) is 0 Å². The fraction of sp³-hybridized carbons (Fsp3) is 0.333. The third kappa shape index (κ3) is 2.66. The second-order valence-electron chi connectivity index (χ2n) is 3.85. The van der Waals surface area contributed by atoms with Gasteiger partial charge in [-0.1, -0.05) is 15.9 Å². The lowest BCUT2D eigenvalue weighted by atomic mass is 10.3. The minimum Gasteiger partial charge on any atom is -0.322 e. The summed E-state index contributed by atoms with van der Waals surface area (Å²) in [5, 5.41) is 0. The van der Waals surface area contributed by atoms with E-state index in [0.29, 0.717) is 26.1 Å². The van der Waals surface area contributed by atoms with Crippen LogP contribution in [-0.2, 0) is 4.79 Å². The molecule has 0 saturated carbocycles. The molecular formula is C12H13BrN2O2. The number of hydrogen-bond donors (Lipinski definition) is 0. The van der Waals surface area contributed by atoms with Gasteiger partial charge in [-0.15, -0.1) is 0 Å². The first kappa shape index (κ1) is 12.1. The van der Waals surface area contributed by atoms with Crippen molar-refractivity contribution < 1.29 is 9.59 Å². The van der Waals surface area contributed by atoms with Gasteiger partial charge in [0.1, 0.15) is 6.29 Å². The minimum atomic E-state index is -0.0193. The van der Waals surface area contributed by atoms with E-state index in [4.69, 9.17) is 0 Å². The molecule has 1 aromatic carbocycles. The quantitative estimate of drug-likeness (QED) is 0.800. The molecule has 5 heteroatoms. The number of benzene rings is 1. The first-order chi connectivity index (χ1) is 8.22. The average molecular weight is 297 g/mol. The zero-order chi connectivity index (χ0) is 12.3. The molecule has 1 heterocycles. The molecule has 0 atom stereocenters. The van der Waals surface area contributed by atoms with Gasteiger partial charge >= 0.3 is 6.03 Å². The molecule has 1 fully saturated rings. The van der Waals surface area contributed by atoms with Crippen LogP contribution in [0.4, 0.5) is 10.5 Å². The van der Waals surface area contributed by atoms with Gasteiger partial charge in [0.2, 0.25) is 0 Å². The summed E-state index contributed by atoms with van der Waals surface area (Å²) < 4.78 is 0.991. The van der Waals surface area contributed by atoms with Crippen LogP contribution < -0.4 is 4.90 Å². The Morgan fingerprint density at radius 2 is 1.94 bits per heavy atom. The Morgan fingerprint density at radius 1 is 1.24 bits per heavy atom. The van der Waals surface area contributed by atoms with Crippen LogP contribution in [0, 0.1) is 0 Å². The SMILES string of the molecule is O=CCCN1CCN(c2ccc(Br)cc2)C1=O. The number of carbonyl (C=O) groups is 2. The van der Waals surface area contributed by atoms with Crippen LogP contribution >= 0.6 is 15.9 Å². The smallest absolute Gasteiger partial charge is 0.322 e. The molecule has 0 radical (unpaired) electrons. The first-order valence-corrected chi connectivity index (χ1v) is 6.27. The number of rotatable bonds is 4. The molecule has 4 nitrogen and oxygen atoms in total. The van der Waals surface area contributed by atoms with Crippen LogP contribution in [0.15, 0.2) is 28.7 Å². The molecule has 2 rings (SSSR count). The Balaban J connectivity index is 2.06. The predicted molar refractivity (Wildman–Crippen MR) is 69.1 cm³/mol. The molecule has 0 spiro atoms. The Labute approximate surface area is 108 Å². The van der Waals surface area contributed by atoms with E-state index in [1.54, 1.807) is 9.80 Å². The van der Waals surface area contributed by atoms with Crippen molar-refractivity contribution in [1.29, 1.82) is 0 Å². The summed E-state index contributed by atoms with van der Waals surface area (Å²) in [5.41, 5.74) is 0.895. The van der Waals surface area contributed by atoms with E-state index in [1.165, 1.54) is 0 Å². The van der Waals surface area contributed by atoms with Crippen LogP contribution in [-0.4, -0.2) is 36.9 Å². The third-order valence-corrected chi connectivity index (χ3v) is 3.28. The normalized spacial score (nSPS) is 15.5. The molecule has 0 unspecified atom stereocenters. The molecule has 0 N–H and O–H groups in total. The Bertz CT molecular complexity index is 419. The van der Waals surface area contributed by atoms with E-state index in [-0.39, 0.29) is 6.03 Å². The molecule has 0 aromatic heterocycles. The summed E-state index contributed by atoms with van der Waals surface area (Å²) in [4.78, 5) is 25.8. The van der Waals surface area contributed by atoms with Crippen LogP contribution in [0.5, 0.6) is 0 Å². The van der Waals surface area contributed by atoms with Gasteiger partial charge in [-0.05, 0) is 24.3 Å². The lowest BCUT2D eigenvalue weighted by Gasteiger charge is -2.17. The Hall–Kier alpha value is -1.36. The van der Waals surface area contributed by atoms with Crippen molar-refractivity contribution in [2.45, 2.75) is 6.42 Å². The molecule has 1 aliphatic rings. The standard InChI is InChI=1S/C12H13BrN2O2/c13-10-2-4-11(5-3-10)15-8-7-14(12(15)17)6-1-9-16/h2-5,9H,1,6-8H2. The highest BCUT2D eigenvalue weighted by Gasteiger charge is 2.28. The van der Waals surface area contributed by atoms with Crippen molar-refractivity contribution in [3.63, 3.8) is 0 Å². The molecule has 2 amide bonds. The lowest BCUT2D eigenvalue weighted by Crippen LogP contribution is -2.32. The second-order valence-corrected chi connectivity index (χ2v) is 4.77. The molecule has 1 saturated heterocycles. The zero-order valence-corrected chi connectivity index (χ0v) is 10.9. The zero-order valence-electron chi connectivity index (χ0n) is 9.30. The van der Waals surface area contributed by atoms with Gasteiger partial charge in [0.25, 0.3) is 0 Å². The minimum absolute atomic E-state index is 0.0193. The van der Waals surface area contributed by atoms with E-state index in [9.17, 15) is 9.59 Å². The van der Waals surface area contributed by atoms with Gasteiger partial charge < -0.3 is 9.69 Å². The highest BCUT2D eigenvalue weighted by Crippen LogP contribution is 2.22. The number of aldehydes is 1. The van der Waals surface area contributed by atoms with E-state index >= 15 is 0 Å². The van der Waals surface area contributed by atoms with Crippen molar-refractivity contribution in [1.82, 2.24) is 4.90 Å². The van der Waals surface area contributed by atoms with Gasteiger partial charge in [-0.2, -0.15) is 0 Å². The predicted octanol–water partition coefficient (Wildman–Crippen LogP) is 2.28. The highest BCUT2D eigenvalue weighted by molar-refractivity contribution is 9.10. The van der Waals surface area contributed by atoms with E-state index < -0.39 is 0 Å². The third-order valence-electron chi connectivity index (χ3n) is 2.75. The number of anilines is 1.